The van der Waals surface area contributed by atoms with Gasteiger partial charge in [-0.1, -0.05) is 26.0 Å². The van der Waals surface area contributed by atoms with E-state index in [1.54, 1.807) is 55.6 Å². The van der Waals surface area contributed by atoms with Crippen molar-refractivity contribution in [3.8, 4) is 5.75 Å². The van der Waals surface area contributed by atoms with Gasteiger partial charge in [-0.3, -0.25) is 14.5 Å². The molecule has 1 atom stereocenters. The molecular formula is C21H23N3O4. The molecule has 7 nitrogen and oxygen atoms in total. The predicted molar refractivity (Wildman–Crippen MR) is 105 cm³/mol. The summed E-state index contributed by atoms with van der Waals surface area (Å²) in [6.07, 6.45) is 0. The van der Waals surface area contributed by atoms with E-state index in [2.05, 4.69) is 10.6 Å². The molecule has 0 radical (unpaired) electrons. The maximum Gasteiger partial charge on any atom is 0.325 e. The number of carbonyl (C=O) groups excluding carboxylic acids is 3. The average Bonchev–Trinajstić information content (AvgIpc) is 2.97. The molecule has 0 aromatic heterocycles. The predicted octanol–water partition coefficient (Wildman–Crippen LogP) is 3.02. The van der Waals surface area contributed by atoms with Crippen molar-refractivity contribution >= 4 is 23.5 Å². The zero-order chi connectivity index (χ0) is 20.3. The fourth-order valence-electron chi connectivity index (χ4n) is 2.96. The van der Waals surface area contributed by atoms with Crippen molar-refractivity contribution in [3.63, 3.8) is 0 Å². The van der Waals surface area contributed by atoms with Crippen LogP contribution in [0.15, 0.2) is 48.5 Å². The largest absolute Gasteiger partial charge is 0.497 e. The number of imide groups is 1. The first-order valence-corrected chi connectivity index (χ1v) is 9.05. The first-order valence-electron chi connectivity index (χ1n) is 9.05. The second kappa shape index (κ2) is 8.12. The van der Waals surface area contributed by atoms with Crippen LogP contribution < -0.4 is 15.4 Å². The highest BCUT2D eigenvalue weighted by atomic mass is 16.5. The topological polar surface area (TPSA) is 87.7 Å². The molecule has 1 fully saturated rings. The molecule has 146 valence electrons. The molecule has 1 unspecified atom stereocenters. The van der Waals surface area contributed by atoms with Crippen molar-refractivity contribution in [2.75, 3.05) is 12.4 Å². The second-order valence-corrected chi connectivity index (χ2v) is 6.98. The van der Waals surface area contributed by atoms with Crippen LogP contribution in [0.25, 0.3) is 0 Å². The Hall–Kier alpha value is -3.35. The van der Waals surface area contributed by atoms with Crippen LogP contribution in [0.2, 0.25) is 0 Å². The van der Waals surface area contributed by atoms with Crippen molar-refractivity contribution in [2.45, 2.75) is 26.4 Å². The molecule has 4 amide bonds. The number of urea groups is 1. The Bertz CT molecular complexity index is 876. The van der Waals surface area contributed by atoms with E-state index in [4.69, 9.17) is 4.74 Å². The smallest absolute Gasteiger partial charge is 0.325 e. The summed E-state index contributed by atoms with van der Waals surface area (Å²) in [6.45, 7) is 3.96. The van der Waals surface area contributed by atoms with E-state index in [1.165, 1.54) is 4.90 Å². The van der Waals surface area contributed by atoms with Gasteiger partial charge in [0.2, 0.25) is 0 Å². The first-order chi connectivity index (χ1) is 13.4. The number of anilines is 1. The van der Waals surface area contributed by atoms with Gasteiger partial charge in [0.15, 0.2) is 0 Å². The number of nitrogens with zero attached hydrogens (tertiary/aromatic N) is 1. The van der Waals surface area contributed by atoms with Crippen LogP contribution in [0.5, 0.6) is 5.75 Å². The fraction of sp³-hybridized carbons (Fsp3) is 0.286. The van der Waals surface area contributed by atoms with E-state index in [0.717, 1.165) is 5.56 Å². The number of hydrogen-bond acceptors (Lipinski definition) is 4. The van der Waals surface area contributed by atoms with E-state index < -0.39 is 6.04 Å². The van der Waals surface area contributed by atoms with Crippen molar-refractivity contribution in [1.29, 1.82) is 0 Å². The molecule has 1 aliphatic heterocycles. The number of nitrogens with one attached hydrogen (secondary N) is 2. The Labute approximate surface area is 163 Å². The molecule has 7 heteroatoms. The van der Waals surface area contributed by atoms with Crippen LogP contribution in [-0.2, 0) is 11.3 Å². The molecule has 2 N–H and O–H groups in total. The third kappa shape index (κ3) is 4.14. The Morgan fingerprint density at radius 2 is 1.75 bits per heavy atom. The summed E-state index contributed by atoms with van der Waals surface area (Å²) < 4.78 is 5.09. The van der Waals surface area contributed by atoms with Gasteiger partial charge in [0.1, 0.15) is 11.8 Å². The quantitative estimate of drug-likeness (QED) is 0.753. The summed E-state index contributed by atoms with van der Waals surface area (Å²) in [5.41, 5.74) is 1.92. The van der Waals surface area contributed by atoms with Crippen LogP contribution in [0.4, 0.5) is 10.5 Å². The second-order valence-electron chi connectivity index (χ2n) is 6.98. The van der Waals surface area contributed by atoms with Gasteiger partial charge in [-0.2, -0.15) is 0 Å². The van der Waals surface area contributed by atoms with Gasteiger partial charge in [0, 0.05) is 11.3 Å². The molecule has 1 aliphatic rings. The van der Waals surface area contributed by atoms with E-state index in [9.17, 15) is 14.4 Å². The highest BCUT2D eigenvalue weighted by molar-refractivity contribution is 6.05. The van der Waals surface area contributed by atoms with Crippen molar-refractivity contribution < 1.29 is 19.1 Å². The Kier molecular flexibility index (Phi) is 5.63. The van der Waals surface area contributed by atoms with Gasteiger partial charge in [0.25, 0.3) is 11.8 Å². The lowest BCUT2D eigenvalue weighted by Crippen LogP contribution is -2.34. The van der Waals surface area contributed by atoms with E-state index in [0.29, 0.717) is 17.0 Å². The SMILES string of the molecule is COc1ccc(NC(=O)c2ccc(CN3C(=O)NC(C(C)C)C3=O)cc2)cc1. The Morgan fingerprint density at radius 1 is 1.11 bits per heavy atom. The lowest BCUT2D eigenvalue weighted by atomic mass is 10.0. The maximum absolute atomic E-state index is 12.4. The van der Waals surface area contributed by atoms with Crippen LogP contribution in [0.1, 0.15) is 29.8 Å². The van der Waals surface area contributed by atoms with Crippen molar-refractivity contribution in [3.05, 3.63) is 59.7 Å². The minimum atomic E-state index is -0.484. The molecule has 3 rings (SSSR count). The molecule has 0 spiro atoms. The summed E-state index contributed by atoms with van der Waals surface area (Å²) in [7, 11) is 1.58. The third-order valence-corrected chi connectivity index (χ3v) is 4.63. The van der Waals surface area contributed by atoms with Crippen molar-refractivity contribution in [1.82, 2.24) is 10.2 Å². The lowest BCUT2D eigenvalue weighted by molar-refractivity contribution is -0.128. The fourth-order valence-corrected chi connectivity index (χ4v) is 2.96. The molecule has 2 aromatic rings. The van der Waals surface area contributed by atoms with Crippen LogP contribution >= 0.6 is 0 Å². The summed E-state index contributed by atoms with van der Waals surface area (Å²) in [5.74, 6) is 0.279. The first kappa shape index (κ1) is 19.4. The third-order valence-electron chi connectivity index (χ3n) is 4.63. The number of rotatable bonds is 6. The molecule has 0 bridgehead atoms. The molecule has 2 aromatic carbocycles. The van der Waals surface area contributed by atoms with E-state index >= 15 is 0 Å². The summed E-state index contributed by atoms with van der Waals surface area (Å²) in [6, 6.07) is 13.0. The van der Waals surface area contributed by atoms with E-state index in [1.807, 2.05) is 13.8 Å². The van der Waals surface area contributed by atoms with E-state index in [-0.39, 0.29) is 30.3 Å². The van der Waals surface area contributed by atoms with Gasteiger partial charge in [-0.15, -0.1) is 0 Å². The van der Waals surface area contributed by atoms with Gasteiger partial charge < -0.3 is 15.4 Å². The van der Waals surface area contributed by atoms with Gasteiger partial charge >= 0.3 is 6.03 Å². The monoisotopic (exact) mass is 381 g/mol. The standard InChI is InChI=1S/C21H23N3O4/c1-13(2)18-20(26)24(21(27)23-18)12-14-4-6-15(7-5-14)19(25)22-16-8-10-17(28-3)11-9-16/h4-11,13,18H,12H2,1-3H3,(H,22,25)(H,23,27). The minimum Gasteiger partial charge on any atom is -0.497 e. The zero-order valence-corrected chi connectivity index (χ0v) is 16.1. The Balaban J connectivity index is 1.63. The molecule has 0 aliphatic carbocycles. The summed E-state index contributed by atoms with van der Waals surface area (Å²) in [5, 5.41) is 5.51. The Morgan fingerprint density at radius 3 is 2.29 bits per heavy atom. The minimum absolute atomic E-state index is 0.0328. The highest BCUT2D eigenvalue weighted by Gasteiger charge is 2.39. The van der Waals surface area contributed by atoms with Crippen LogP contribution in [-0.4, -0.2) is 35.9 Å². The average molecular weight is 381 g/mol. The number of hydrogen-bond donors (Lipinski definition) is 2. The lowest BCUT2D eigenvalue weighted by Gasteiger charge is -2.14. The van der Waals surface area contributed by atoms with Crippen LogP contribution in [0.3, 0.4) is 0 Å². The number of ether oxygens (including phenoxy) is 1. The maximum atomic E-state index is 12.4. The van der Waals surface area contributed by atoms with Crippen molar-refractivity contribution in [2.24, 2.45) is 5.92 Å². The molecule has 1 heterocycles. The highest BCUT2D eigenvalue weighted by Crippen LogP contribution is 2.18. The zero-order valence-electron chi connectivity index (χ0n) is 16.1. The van der Waals surface area contributed by atoms with Gasteiger partial charge in [-0.25, -0.2) is 4.79 Å². The number of benzene rings is 2. The number of amides is 4. The normalized spacial score (nSPS) is 16.3. The van der Waals surface area contributed by atoms with Crippen LogP contribution in [0, 0.1) is 5.92 Å². The van der Waals surface area contributed by atoms with Gasteiger partial charge in [-0.05, 0) is 47.9 Å². The number of methoxy groups -OCH3 is 1. The van der Waals surface area contributed by atoms with Gasteiger partial charge in [0.05, 0.1) is 13.7 Å². The summed E-state index contributed by atoms with van der Waals surface area (Å²) in [4.78, 5) is 38.0. The molecule has 1 saturated heterocycles. The molecule has 28 heavy (non-hydrogen) atoms. The summed E-state index contributed by atoms with van der Waals surface area (Å²) >= 11 is 0. The molecule has 0 saturated carbocycles. The molecular weight excluding hydrogens is 358 g/mol. The number of carbonyl (C=O) groups is 3.